The maximum Gasteiger partial charge on any atom is 0.258 e. The van der Waals surface area contributed by atoms with Crippen LogP contribution < -0.4 is 4.74 Å². The zero-order valence-electron chi connectivity index (χ0n) is 20.2. The monoisotopic (exact) mass is 541 g/mol. The number of aromatic nitrogens is 5. The van der Waals surface area contributed by atoms with E-state index in [-0.39, 0.29) is 30.3 Å². The topological polar surface area (TPSA) is 109 Å². The van der Waals surface area contributed by atoms with E-state index < -0.39 is 38.8 Å². The fraction of sp³-hybridized carbons (Fsp3) is 0.478. The van der Waals surface area contributed by atoms with Crippen molar-refractivity contribution in [3.8, 4) is 11.4 Å². The first-order chi connectivity index (χ1) is 17.0. The van der Waals surface area contributed by atoms with Gasteiger partial charge in [0, 0.05) is 25.9 Å². The Balaban J connectivity index is 1.78. The van der Waals surface area contributed by atoms with Gasteiger partial charge in [-0.15, -0.1) is 10.2 Å². The van der Waals surface area contributed by atoms with E-state index in [0.717, 1.165) is 0 Å². The van der Waals surface area contributed by atoms with Crippen molar-refractivity contribution in [2.24, 2.45) is 0 Å². The number of hydrogen-bond donors (Lipinski definition) is 0. The molecule has 13 heteroatoms. The summed E-state index contributed by atoms with van der Waals surface area (Å²) in [5, 5.41) is 7.32. The van der Waals surface area contributed by atoms with E-state index >= 15 is 0 Å². The van der Waals surface area contributed by atoms with Gasteiger partial charge in [0.1, 0.15) is 23.4 Å². The van der Waals surface area contributed by atoms with Gasteiger partial charge < -0.3 is 9.47 Å². The third kappa shape index (κ3) is 4.81. The summed E-state index contributed by atoms with van der Waals surface area (Å²) in [6, 6.07) is 5.21. The van der Waals surface area contributed by atoms with Crippen LogP contribution in [-0.4, -0.2) is 58.5 Å². The largest absolute Gasteiger partial charge is 0.495 e. The van der Waals surface area contributed by atoms with Crippen LogP contribution in [0.25, 0.3) is 5.69 Å². The number of methoxy groups -OCH3 is 2. The summed E-state index contributed by atoms with van der Waals surface area (Å²) in [4.78, 5) is 8.17. The highest BCUT2D eigenvalue weighted by atomic mass is 35.5. The molecule has 36 heavy (non-hydrogen) atoms. The number of ether oxygens (including phenoxy) is 2. The van der Waals surface area contributed by atoms with Crippen LogP contribution in [0.15, 0.2) is 30.6 Å². The highest BCUT2D eigenvalue weighted by molar-refractivity contribution is 7.91. The lowest BCUT2D eigenvalue weighted by Gasteiger charge is -2.35. The predicted octanol–water partition coefficient (Wildman–Crippen LogP) is 4.23. The van der Waals surface area contributed by atoms with Crippen molar-refractivity contribution in [1.29, 1.82) is 0 Å². The van der Waals surface area contributed by atoms with E-state index in [1.807, 2.05) is 0 Å². The molecule has 0 saturated heterocycles. The molecular weight excluding hydrogens is 516 g/mol. The van der Waals surface area contributed by atoms with E-state index in [4.69, 9.17) is 21.1 Å². The molecule has 0 aliphatic heterocycles. The molecule has 2 heterocycles. The SMILES string of the molecule is COc1cccc(C)c1-n1c(CS(=O)(=O)[C@@H](C)[C@H](OC)c2ncc(Cl)cn2)nnc1[C@H]1CCC1(F)F. The zero-order chi connectivity index (χ0) is 26.3. The molecule has 0 spiro atoms. The number of benzene rings is 1. The summed E-state index contributed by atoms with van der Waals surface area (Å²) in [7, 11) is -1.16. The molecule has 0 amide bonds. The van der Waals surface area contributed by atoms with Crippen molar-refractivity contribution in [2.45, 2.75) is 55.6 Å². The van der Waals surface area contributed by atoms with E-state index in [0.29, 0.717) is 22.0 Å². The first kappa shape index (κ1) is 26.4. The van der Waals surface area contributed by atoms with Crippen molar-refractivity contribution in [2.75, 3.05) is 14.2 Å². The van der Waals surface area contributed by atoms with Gasteiger partial charge in [0.25, 0.3) is 5.92 Å². The van der Waals surface area contributed by atoms with Gasteiger partial charge in [-0.25, -0.2) is 27.2 Å². The van der Waals surface area contributed by atoms with Crippen LogP contribution in [0.5, 0.6) is 5.75 Å². The molecule has 1 aliphatic carbocycles. The van der Waals surface area contributed by atoms with E-state index in [9.17, 15) is 17.2 Å². The third-order valence-electron chi connectivity index (χ3n) is 6.46. The number of sulfone groups is 1. The molecule has 3 atom stereocenters. The molecule has 4 rings (SSSR count). The fourth-order valence-corrected chi connectivity index (χ4v) is 5.79. The van der Waals surface area contributed by atoms with Crippen LogP contribution in [0, 0.1) is 6.92 Å². The second-order valence-electron chi connectivity index (χ2n) is 8.72. The maximum absolute atomic E-state index is 14.4. The van der Waals surface area contributed by atoms with Crippen molar-refractivity contribution in [1.82, 2.24) is 24.7 Å². The number of aryl methyl sites for hydroxylation is 1. The molecule has 0 N–H and O–H groups in total. The summed E-state index contributed by atoms with van der Waals surface area (Å²) in [6.07, 6.45) is 1.65. The quantitative estimate of drug-likeness (QED) is 0.396. The van der Waals surface area contributed by atoms with Gasteiger partial charge in [0.2, 0.25) is 0 Å². The van der Waals surface area contributed by atoms with E-state index in [2.05, 4.69) is 20.2 Å². The standard InChI is InChI=1S/C23H26ClF2N5O4S/c1-13-6-5-7-17(34-3)19(13)31-18(29-30-22(31)16-8-9-23(16,25)26)12-36(32,33)14(2)20(35-4)21-27-10-15(24)11-28-21/h5-7,10-11,14,16,20H,8-9,12H2,1-4H3/t14-,16+,20-/m0/s1. The van der Waals surface area contributed by atoms with Gasteiger partial charge in [0.05, 0.1) is 29.0 Å². The van der Waals surface area contributed by atoms with Gasteiger partial charge in [-0.1, -0.05) is 23.7 Å². The normalized spacial score (nSPS) is 18.9. The van der Waals surface area contributed by atoms with Gasteiger partial charge in [0.15, 0.2) is 21.5 Å². The van der Waals surface area contributed by atoms with Gasteiger partial charge in [-0.2, -0.15) is 0 Å². The molecule has 1 aromatic carbocycles. The van der Waals surface area contributed by atoms with Crippen LogP contribution in [0.1, 0.15) is 54.8 Å². The molecule has 194 valence electrons. The Morgan fingerprint density at radius 2 is 1.92 bits per heavy atom. The lowest BCUT2D eigenvalue weighted by atomic mass is 9.80. The number of halogens is 3. The molecule has 1 fully saturated rings. The summed E-state index contributed by atoms with van der Waals surface area (Å²) < 4.78 is 68.2. The predicted molar refractivity (Wildman–Crippen MR) is 128 cm³/mol. The van der Waals surface area contributed by atoms with Crippen LogP contribution >= 0.6 is 11.6 Å². The lowest BCUT2D eigenvalue weighted by Crippen LogP contribution is -2.38. The number of para-hydroxylation sites is 1. The average molecular weight is 542 g/mol. The van der Waals surface area contributed by atoms with Gasteiger partial charge in [-0.3, -0.25) is 4.57 Å². The Morgan fingerprint density at radius 1 is 1.22 bits per heavy atom. The number of nitrogens with zero attached hydrogens (tertiary/aromatic N) is 5. The highest BCUT2D eigenvalue weighted by Crippen LogP contribution is 2.50. The first-order valence-corrected chi connectivity index (χ1v) is 13.3. The molecule has 1 aliphatic rings. The van der Waals surface area contributed by atoms with Crippen LogP contribution in [0.3, 0.4) is 0 Å². The molecule has 0 unspecified atom stereocenters. The average Bonchev–Trinajstić information content (AvgIpc) is 3.20. The minimum Gasteiger partial charge on any atom is -0.495 e. The second kappa shape index (κ2) is 9.98. The van der Waals surface area contributed by atoms with Crippen LogP contribution in [0.2, 0.25) is 5.02 Å². The smallest absolute Gasteiger partial charge is 0.258 e. The van der Waals surface area contributed by atoms with Crippen molar-refractivity contribution < 1.29 is 26.7 Å². The zero-order valence-corrected chi connectivity index (χ0v) is 21.7. The third-order valence-corrected chi connectivity index (χ3v) is 8.69. The molecule has 2 aromatic heterocycles. The summed E-state index contributed by atoms with van der Waals surface area (Å²) >= 11 is 5.85. The Bertz CT molecular complexity index is 1350. The molecular formula is C23H26ClF2N5O4S. The fourth-order valence-electron chi connectivity index (χ4n) is 4.28. The minimum atomic E-state index is -3.97. The Labute approximate surface area is 212 Å². The minimum absolute atomic E-state index is 0.000900. The summed E-state index contributed by atoms with van der Waals surface area (Å²) in [5.41, 5.74) is 1.11. The molecule has 3 aromatic rings. The molecule has 9 nitrogen and oxygen atoms in total. The Morgan fingerprint density at radius 3 is 2.47 bits per heavy atom. The second-order valence-corrected chi connectivity index (χ2v) is 11.5. The molecule has 0 bridgehead atoms. The number of hydrogen-bond acceptors (Lipinski definition) is 8. The lowest BCUT2D eigenvalue weighted by molar-refractivity contribution is -0.0994. The number of rotatable bonds is 9. The van der Waals surface area contributed by atoms with Crippen molar-refractivity contribution in [3.05, 3.63) is 58.7 Å². The molecule has 1 saturated carbocycles. The van der Waals surface area contributed by atoms with Crippen molar-refractivity contribution >= 4 is 21.4 Å². The van der Waals surface area contributed by atoms with Crippen molar-refractivity contribution in [3.63, 3.8) is 0 Å². The number of alkyl halides is 2. The van der Waals surface area contributed by atoms with E-state index in [1.54, 1.807) is 25.1 Å². The van der Waals surface area contributed by atoms with Crippen LogP contribution in [-0.2, 0) is 20.3 Å². The Kier molecular flexibility index (Phi) is 7.31. The maximum atomic E-state index is 14.4. The first-order valence-electron chi connectivity index (χ1n) is 11.2. The van der Waals surface area contributed by atoms with E-state index in [1.165, 1.54) is 38.1 Å². The Hall–Kier alpha value is -2.70. The molecule has 0 radical (unpaired) electrons. The highest BCUT2D eigenvalue weighted by Gasteiger charge is 2.52. The van der Waals surface area contributed by atoms with Gasteiger partial charge >= 0.3 is 0 Å². The summed E-state index contributed by atoms with van der Waals surface area (Å²) in [5.74, 6) is -4.19. The van der Waals surface area contributed by atoms with Crippen LogP contribution in [0.4, 0.5) is 8.78 Å². The van der Waals surface area contributed by atoms with Gasteiger partial charge in [-0.05, 0) is 31.9 Å². The summed E-state index contributed by atoms with van der Waals surface area (Å²) in [6.45, 7) is 3.25.